The van der Waals surface area contributed by atoms with Crippen LogP contribution in [0.1, 0.15) is 5.56 Å². The van der Waals surface area contributed by atoms with Crippen molar-refractivity contribution in [2.75, 3.05) is 31.1 Å². The molecule has 1 aliphatic rings. The van der Waals surface area contributed by atoms with E-state index in [4.69, 9.17) is 11.6 Å². The Morgan fingerprint density at radius 1 is 1.09 bits per heavy atom. The lowest BCUT2D eigenvalue weighted by atomic mass is 10.2. The van der Waals surface area contributed by atoms with Crippen LogP contribution in [0.15, 0.2) is 42.9 Å². The van der Waals surface area contributed by atoms with Crippen LogP contribution in [0.5, 0.6) is 0 Å². The largest absolute Gasteiger partial charge is 0.417 e. The smallest absolute Gasteiger partial charge is 0.353 e. The molecule has 168 valence electrons. The van der Waals surface area contributed by atoms with Gasteiger partial charge < -0.3 is 4.90 Å². The molecule has 0 saturated carbocycles. The molecule has 1 aliphatic heterocycles. The fourth-order valence-electron chi connectivity index (χ4n) is 3.35. The molecule has 0 unspecified atom stereocenters. The number of anilines is 1. The molecule has 0 N–H and O–H groups in total. The molecule has 2 aromatic heterocycles. The number of hydrogen-bond donors (Lipinski definition) is 0. The average Bonchev–Trinajstić information content (AvgIpc) is 3.22. The first-order valence-electron chi connectivity index (χ1n) is 9.55. The first kappa shape index (κ1) is 22.0. The summed E-state index contributed by atoms with van der Waals surface area (Å²) < 4.78 is 40.1. The Morgan fingerprint density at radius 2 is 1.78 bits per heavy atom. The van der Waals surface area contributed by atoms with Gasteiger partial charge in [0.05, 0.1) is 22.2 Å². The first-order valence-corrected chi connectivity index (χ1v) is 9.93. The predicted octanol–water partition coefficient (Wildman–Crippen LogP) is 3.70. The standard InChI is InChI=1S/C19H17ClF3N7O2/c20-16-9-14(19(21,22)23)10-24-18(16)28-7-5-27(6-8-28)12-29-11-25-17(26-29)13-1-3-15(4-2-13)30(31)32/h1-4,9-11H,5-8,12H2. The Kier molecular flexibility index (Phi) is 5.98. The maximum absolute atomic E-state index is 12.8. The summed E-state index contributed by atoms with van der Waals surface area (Å²) in [5.41, 5.74) is -0.212. The van der Waals surface area contributed by atoms with Crippen molar-refractivity contribution in [1.29, 1.82) is 0 Å². The van der Waals surface area contributed by atoms with Crippen LogP contribution >= 0.6 is 11.6 Å². The third kappa shape index (κ3) is 4.81. The minimum absolute atomic E-state index is 0.00584. The van der Waals surface area contributed by atoms with Crippen molar-refractivity contribution >= 4 is 23.1 Å². The molecule has 13 heteroatoms. The molecule has 3 heterocycles. The second-order valence-electron chi connectivity index (χ2n) is 7.19. The molecule has 1 fully saturated rings. The monoisotopic (exact) mass is 467 g/mol. The lowest BCUT2D eigenvalue weighted by molar-refractivity contribution is -0.384. The Labute approximate surface area is 185 Å². The minimum atomic E-state index is -4.49. The van der Waals surface area contributed by atoms with E-state index in [1.54, 1.807) is 23.1 Å². The zero-order valence-electron chi connectivity index (χ0n) is 16.5. The second-order valence-corrected chi connectivity index (χ2v) is 7.59. The van der Waals surface area contributed by atoms with E-state index < -0.39 is 16.7 Å². The number of nitro groups is 1. The van der Waals surface area contributed by atoms with E-state index in [0.29, 0.717) is 50.1 Å². The van der Waals surface area contributed by atoms with Gasteiger partial charge in [0.15, 0.2) is 5.82 Å². The molecule has 0 bridgehead atoms. The van der Waals surface area contributed by atoms with Crippen molar-refractivity contribution in [2.45, 2.75) is 12.8 Å². The normalized spacial score (nSPS) is 15.2. The number of rotatable bonds is 5. The molecule has 1 aromatic carbocycles. The molecular weight excluding hydrogens is 451 g/mol. The number of hydrogen-bond acceptors (Lipinski definition) is 7. The summed E-state index contributed by atoms with van der Waals surface area (Å²) in [6.07, 6.45) is -2.11. The van der Waals surface area contributed by atoms with Crippen molar-refractivity contribution in [3.63, 3.8) is 0 Å². The Morgan fingerprint density at radius 3 is 2.38 bits per heavy atom. The molecule has 0 radical (unpaired) electrons. The number of piperazine rings is 1. The van der Waals surface area contributed by atoms with Crippen molar-refractivity contribution in [2.24, 2.45) is 0 Å². The summed E-state index contributed by atoms with van der Waals surface area (Å²) >= 11 is 6.05. The van der Waals surface area contributed by atoms with Crippen LogP contribution in [0.4, 0.5) is 24.7 Å². The average molecular weight is 468 g/mol. The SMILES string of the molecule is O=[N+]([O-])c1ccc(-c2ncn(CN3CCN(c4ncc(C(F)(F)F)cc4Cl)CC3)n2)cc1. The van der Waals surface area contributed by atoms with Gasteiger partial charge >= 0.3 is 6.18 Å². The van der Waals surface area contributed by atoms with Crippen LogP contribution in [-0.4, -0.2) is 55.8 Å². The van der Waals surface area contributed by atoms with Crippen LogP contribution in [-0.2, 0) is 12.8 Å². The van der Waals surface area contributed by atoms with Gasteiger partial charge in [0.25, 0.3) is 5.69 Å². The zero-order chi connectivity index (χ0) is 22.9. The quantitative estimate of drug-likeness (QED) is 0.417. The van der Waals surface area contributed by atoms with Gasteiger partial charge in [-0.25, -0.2) is 14.6 Å². The summed E-state index contributed by atoms with van der Waals surface area (Å²) in [5, 5.41) is 15.1. The van der Waals surface area contributed by atoms with Crippen LogP contribution in [0.3, 0.4) is 0 Å². The predicted molar refractivity (Wildman–Crippen MR) is 110 cm³/mol. The summed E-state index contributed by atoms with van der Waals surface area (Å²) in [6.45, 7) is 2.82. The highest BCUT2D eigenvalue weighted by atomic mass is 35.5. The third-order valence-electron chi connectivity index (χ3n) is 5.04. The second kappa shape index (κ2) is 8.71. The topological polar surface area (TPSA) is 93.2 Å². The van der Waals surface area contributed by atoms with E-state index in [0.717, 1.165) is 12.3 Å². The highest BCUT2D eigenvalue weighted by Gasteiger charge is 2.32. The van der Waals surface area contributed by atoms with Gasteiger partial charge in [-0.15, -0.1) is 5.10 Å². The van der Waals surface area contributed by atoms with Gasteiger partial charge in [-0.3, -0.25) is 15.0 Å². The maximum atomic E-state index is 12.8. The fraction of sp³-hybridized carbons (Fsp3) is 0.316. The summed E-state index contributed by atoms with van der Waals surface area (Å²) in [5.74, 6) is 0.791. The summed E-state index contributed by atoms with van der Waals surface area (Å²) in [7, 11) is 0. The Balaban J connectivity index is 1.35. The molecule has 1 saturated heterocycles. The molecule has 3 aromatic rings. The van der Waals surface area contributed by atoms with Gasteiger partial charge in [0.1, 0.15) is 12.1 Å². The summed E-state index contributed by atoms with van der Waals surface area (Å²) in [4.78, 5) is 22.4. The van der Waals surface area contributed by atoms with Gasteiger partial charge in [-0.05, 0) is 18.2 Å². The highest BCUT2D eigenvalue weighted by Crippen LogP contribution is 2.33. The molecule has 32 heavy (non-hydrogen) atoms. The van der Waals surface area contributed by atoms with Crippen LogP contribution in [0.25, 0.3) is 11.4 Å². The number of nitrogens with zero attached hydrogens (tertiary/aromatic N) is 7. The minimum Gasteiger partial charge on any atom is -0.353 e. The van der Waals surface area contributed by atoms with Crippen LogP contribution in [0, 0.1) is 10.1 Å². The van der Waals surface area contributed by atoms with E-state index in [1.165, 1.54) is 12.1 Å². The zero-order valence-corrected chi connectivity index (χ0v) is 17.3. The van der Waals surface area contributed by atoms with Crippen molar-refractivity contribution in [1.82, 2.24) is 24.6 Å². The number of nitro benzene ring substituents is 1. The number of alkyl halides is 3. The maximum Gasteiger partial charge on any atom is 0.417 e. The molecule has 9 nitrogen and oxygen atoms in total. The van der Waals surface area contributed by atoms with Gasteiger partial charge in [-0.2, -0.15) is 13.2 Å². The highest BCUT2D eigenvalue weighted by molar-refractivity contribution is 6.33. The number of pyridine rings is 1. The van der Waals surface area contributed by atoms with Crippen molar-refractivity contribution < 1.29 is 18.1 Å². The van der Waals surface area contributed by atoms with E-state index >= 15 is 0 Å². The van der Waals surface area contributed by atoms with Gasteiger partial charge in [0.2, 0.25) is 0 Å². The number of halogens is 4. The van der Waals surface area contributed by atoms with Gasteiger partial charge in [-0.1, -0.05) is 11.6 Å². The van der Waals surface area contributed by atoms with E-state index in [2.05, 4.69) is 20.0 Å². The molecule has 0 amide bonds. The lowest BCUT2D eigenvalue weighted by Crippen LogP contribution is -2.47. The fourth-order valence-corrected chi connectivity index (χ4v) is 3.64. The Bertz CT molecular complexity index is 1110. The van der Waals surface area contributed by atoms with E-state index in [9.17, 15) is 23.3 Å². The third-order valence-corrected chi connectivity index (χ3v) is 5.32. The van der Waals surface area contributed by atoms with Crippen LogP contribution in [0.2, 0.25) is 5.02 Å². The lowest BCUT2D eigenvalue weighted by Gasteiger charge is -2.35. The van der Waals surface area contributed by atoms with Crippen LogP contribution < -0.4 is 4.90 Å². The Hall–Kier alpha value is -3.25. The summed E-state index contributed by atoms with van der Waals surface area (Å²) in [6, 6.07) is 6.88. The molecule has 0 spiro atoms. The van der Waals surface area contributed by atoms with Gasteiger partial charge in [0, 0.05) is 50.1 Å². The molecular formula is C19H17ClF3N7O2. The van der Waals surface area contributed by atoms with Crippen molar-refractivity contribution in [3.05, 3.63) is 63.6 Å². The van der Waals surface area contributed by atoms with Crippen molar-refractivity contribution in [3.8, 4) is 11.4 Å². The number of benzene rings is 1. The number of non-ortho nitro benzene ring substituents is 1. The van der Waals surface area contributed by atoms with E-state index in [-0.39, 0.29) is 10.7 Å². The number of aromatic nitrogens is 4. The molecule has 0 atom stereocenters. The molecule has 0 aliphatic carbocycles. The molecule has 4 rings (SSSR count). The van der Waals surface area contributed by atoms with E-state index in [1.807, 2.05) is 4.90 Å². The first-order chi connectivity index (χ1) is 15.2.